The van der Waals surface area contributed by atoms with E-state index in [4.69, 9.17) is 17.3 Å². The van der Waals surface area contributed by atoms with Crippen LogP contribution in [0.5, 0.6) is 0 Å². The molecule has 2 unspecified atom stereocenters. The maximum absolute atomic E-state index is 13.6. The van der Waals surface area contributed by atoms with Gasteiger partial charge in [0.1, 0.15) is 5.82 Å². The fourth-order valence-electron chi connectivity index (χ4n) is 2.53. The van der Waals surface area contributed by atoms with Crippen molar-refractivity contribution in [3.05, 3.63) is 34.6 Å². The summed E-state index contributed by atoms with van der Waals surface area (Å²) in [5.74, 6) is 0.296. The largest absolute Gasteiger partial charge is 0.328 e. The lowest BCUT2D eigenvalue weighted by molar-refractivity contribution is 0.318. The summed E-state index contributed by atoms with van der Waals surface area (Å²) >= 11 is 6.01. The fourth-order valence-corrected chi connectivity index (χ4v) is 2.77. The molecule has 0 aromatic heterocycles. The molecule has 0 bridgehead atoms. The number of rotatable bonds is 2. The second-order valence-corrected chi connectivity index (χ2v) is 5.10. The lowest BCUT2D eigenvalue weighted by Crippen LogP contribution is -2.28. The first-order valence-corrected chi connectivity index (χ1v) is 6.23. The van der Waals surface area contributed by atoms with Gasteiger partial charge in [0.05, 0.1) is 0 Å². The van der Waals surface area contributed by atoms with Crippen LogP contribution in [0.25, 0.3) is 0 Å². The van der Waals surface area contributed by atoms with Gasteiger partial charge in [-0.3, -0.25) is 0 Å². The third-order valence-corrected chi connectivity index (χ3v) is 3.73. The van der Waals surface area contributed by atoms with Gasteiger partial charge in [0.15, 0.2) is 0 Å². The number of nitrogens with two attached hydrogens (primary N) is 1. The predicted octanol–water partition coefficient (Wildman–Crippen LogP) is 3.54. The summed E-state index contributed by atoms with van der Waals surface area (Å²) in [5.41, 5.74) is 6.58. The number of hydrogen-bond acceptors (Lipinski definition) is 1. The van der Waals surface area contributed by atoms with Crippen LogP contribution < -0.4 is 5.73 Å². The summed E-state index contributed by atoms with van der Waals surface area (Å²) in [7, 11) is 0. The molecule has 0 amide bonds. The van der Waals surface area contributed by atoms with Crippen LogP contribution in [0.3, 0.4) is 0 Å². The van der Waals surface area contributed by atoms with Gasteiger partial charge in [0.25, 0.3) is 0 Å². The van der Waals surface area contributed by atoms with Gasteiger partial charge in [-0.15, -0.1) is 0 Å². The van der Waals surface area contributed by atoms with E-state index in [1.807, 2.05) is 0 Å². The first kappa shape index (κ1) is 11.9. The summed E-state index contributed by atoms with van der Waals surface area (Å²) in [6.07, 6.45) is 5.10. The average molecular weight is 242 g/mol. The maximum atomic E-state index is 13.6. The third kappa shape index (κ3) is 2.74. The van der Waals surface area contributed by atoms with E-state index in [0.29, 0.717) is 16.5 Å². The molecule has 2 N–H and O–H groups in total. The predicted molar refractivity (Wildman–Crippen MR) is 65.0 cm³/mol. The first-order valence-electron chi connectivity index (χ1n) is 5.85. The summed E-state index contributed by atoms with van der Waals surface area (Å²) in [5, 5.41) is 0.541. The topological polar surface area (TPSA) is 26.0 Å². The van der Waals surface area contributed by atoms with Gasteiger partial charge in [-0.25, -0.2) is 4.39 Å². The molecule has 16 heavy (non-hydrogen) atoms. The molecule has 1 nitrogen and oxygen atoms in total. The van der Waals surface area contributed by atoms with Crippen molar-refractivity contribution in [1.29, 1.82) is 0 Å². The second kappa shape index (κ2) is 5.15. The molecule has 0 saturated heterocycles. The quantitative estimate of drug-likeness (QED) is 0.842. The highest BCUT2D eigenvalue weighted by atomic mass is 35.5. The first-order chi connectivity index (χ1) is 7.66. The molecular formula is C13H17ClFN. The van der Waals surface area contributed by atoms with Gasteiger partial charge in [-0.05, 0) is 37.3 Å². The number of halogens is 2. The van der Waals surface area contributed by atoms with Crippen molar-refractivity contribution in [3.8, 4) is 0 Å². The smallest absolute Gasteiger partial charge is 0.127 e. The highest BCUT2D eigenvalue weighted by molar-refractivity contribution is 6.31. The Morgan fingerprint density at radius 2 is 2.19 bits per heavy atom. The Balaban J connectivity index is 2.08. The number of hydrogen-bond donors (Lipinski definition) is 1. The Morgan fingerprint density at radius 1 is 1.38 bits per heavy atom. The molecule has 1 aliphatic rings. The Labute approximate surface area is 101 Å². The molecule has 2 atom stereocenters. The van der Waals surface area contributed by atoms with Crippen molar-refractivity contribution >= 4 is 11.6 Å². The SMILES string of the molecule is NC1CCCC(Cc2c(F)cccc2Cl)C1. The van der Waals surface area contributed by atoms with Crippen LogP contribution in [0.4, 0.5) is 4.39 Å². The molecule has 88 valence electrons. The van der Waals surface area contributed by atoms with Gasteiger partial charge in [-0.2, -0.15) is 0 Å². The molecule has 1 aliphatic carbocycles. The highest BCUT2D eigenvalue weighted by Crippen LogP contribution is 2.30. The van der Waals surface area contributed by atoms with E-state index in [-0.39, 0.29) is 11.9 Å². The molecule has 0 spiro atoms. The molecule has 3 heteroatoms. The molecule has 1 aromatic carbocycles. The van der Waals surface area contributed by atoms with Gasteiger partial charge in [0, 0.05) is 16.6 Å². The van der Waals surface area contributed by atoms with Crippen molar-refractivity contribution in [2.45, 2.75) is 38.1 Å². The van der Waals surface area contributed by atoms with Crippen molar-refractivity contribution in [2.24, 2.45) is 11.7 Å². The monoisotopic (exact) mass is 241 g/mol. The minimum atomic E-state index is -0.188. The van der Waals surface area contributed by atoms with Crippen LogP contribution in [-0.4, -0.2) is 6.04 Å². The van der Waals surface area contributed by atoms with Crippen LogP contribution >= 0.6 is 11.6 Å². The van der Waals surface area contributed by atoms with Crippen LogP contribution in [0.1, 0.15) is 31.2 Å². The van der Waals surface area contributed by atoms with E-state index in [0.717, 1.165) is 32.1 Å². The van der Waals surface area contributed by atoms with Gasteiger partial charge in [0.2, 0.25) is 0 Å². The fraction of sp³-hybridized carbons (Fsp3) is 0.538. The Bertz CT molecular complexity index is 347. The van der Waals surface area contributed by atoms with E-state index in [9.17, 15) is 4.39 Å². The van der Waals surface area contributed by atoms with Crippen molar-refractivity contribution in [2.75, 3.05) is 0 Å². The van der Waals surface area contributed by atoms with Crippen LogP contribution in [0.2, 0.25) is 5.02 Å². The van der Waals surface area contributed by atoms with E-state index >= 15 is 0 Å². The zero-order valence-corrected chi connectivity index (χ0v) is 10.0. The normalized spacial score (nSPS) is 25.7. The molecule has 1 saturated carbocycles. The van der Waals surface area contributed by atoms with Gasteiger partial charge >= 0.3 is 0 Å². The van der Waals surface area contributed by atoms with Crippen molar-refractivity contribution in [1.82, 2.24) is 0 Å². The van der Waals surface area contributed by atoms with Gasteiger partial charge < -0.3 is 5.73 Å². The summed E-state index contributed by atoms with van der Waals surface area (Å²) in [6.45, 7) is 0. The second-order valence-electron chi connectivity index (χ2n) is 4.70. The maximum Gasteiger partial charge on any atom is 0.127 e. The Morgan fingerprint density at radius 3 is 2.88 bits per heavy atom. The Hall–Kier alpha value is -0.600. The third-order valence-electron chi connectivity index (χ3n) is 3.38. The van der Waals surface area contributed by atoms with Crippen LogP contribution in [0.15, 0.2) is 18.2 Å². The van der Waals surface area contributed by atoms with E-state index in [1.165, 1.54) is 6.07 Å². The molecule has 0 aliphatic heterocycles. The molecule has 0 radical (unpaired) electrons. The summed E-state index contributed by atoms with van der Waals surface area (Å²) < 4.78 is 13.6. The minimum absolute atomic E-state index is 0.188. The van der Waals surface area contributed by atoms with E-state index in [1.54, 1.807) is 12.1 Å². The standard InChI is InChI=1S/C13H17ClFN/c14-12-5-2-6-13(15)11(12)8-9-3-1-4-10(16)7-9/h2,5-6,9-10H,1,3-4,7-8,16H2. The highest BCUT2D eigenvalue weighted by Gasteiger charge is 2.21. The lowest BCUT2D eigenvalue weighted by Gasteiger charge is -2.26. The average Bonchev–Trinajstić information content (AvgIpc) is 2.24. The lowest BCUT2D eigenvalue weighted by atomic mass is 9.82. The Kier molecular flexibility index (Phi) is 3.82. The molecule has 1 aromatic rings. The minimum Gasteiger partial charge on any atom is -0.328 e. The summed E-state index contributed by atoms with van der Waals surface area (Å²) in [4.78, 5) is 0. The van der Waals surface area contributed by atoms with Crippen LogP contribution in [0, 0.1) is 11.7 Å². The zero-order valence-electron chi connectivity index (χ0n) is 9.26. The van der Waals surface area contributed by atoms with Crippen LogP contribution in [-0.2, 0) is 6.42 Å². The molecule has 0 heterocycles. The molecule has 1 fully saturated rings. The van der Waals surface area contributed by atoms with Gasteiger partial charge in [-0.1, -0.05) is 30.5 Å². The number of benzene rings is 1. The molecule has 2 rings (SSSR count). The molecular weight excluding hydrogens is 225 g/mol. The zero-order chi connectivity index (χ0) is 11.5. The van der Waals surface area contributed by atoms with E-state index < -0.39 is 0 Å². The van der Waals surface area contributed by atoms with Crippen molar-refractivity contribution < 1.29 is 4.39 Å². The van der Waals surface area contributed by atoms with E-state index in [2.05, 4.69) is 0 Å². The van der Waals surface area contributed by atoms with Crippen molar-refractivity contribution in [3.63, 3.8) is 0 Å². The summed E-state index contributed by atoms with van der Waals surface area (Å²) in [6, 6.07) is 5.16.